The quantitative estimate of drug-likeness (QED) is 0.461. The SMILES string of the molecule is Cc1nc(C)c(C(=O)Nc2ccc(F)c(-c3cn4cc(C5C6CCCC5C6)cnc4n3)c2)o1. The molecule has 6 rings (SSSR count). The zero-order chi connectivity index (χ0) is 22.7. The van der Waals surface area contributed by atoms with Crippen molar-refractivity contribution in [3.8, 4) is 11.3 Å². The summed E-state index contributed by atoms with van der Waals surface area (Å²) in [5, 5.41) is 2.76. The molecule has 1 N–H and O–H groups in total. The number of benzene rings is 1. The van der Waals surface area contributed by atoms with Gasteiger partial charge in [-0.25, -0.2) is 19.3 Å². The number of nitrogens with one attached hydrogen (secondary N) is 1. The second-order valence-electron chi connectivity index (χ2n) is 9.23. The summed E-state index contributed by atoms with van der Waals surface area (Å²) in [6, 6.07) is 4.41. The Morgan fingerprint density at radius 2 is 2.00 bits per heavy atom. The van der Waals surface area contributed by atoms with Gasteiger partial charge in [-0.15, -0.1) is 0 Å². The van der Waals surface area contributed by atoms with E-state index in [0.717, 1.165) is 11.8 Å². The maximum atomic E-state index is 14.7. The van der Waals surface area contributed by atoms with E-state index in [-0.39, 0.29) is 5.76 Å². The fourth-order valence-electron chi connectivity index (χ4n) is 5.58. The number of amides is 1. The average molecular weight is 445 g/mol. The number of oxazole rings is 1. The van der Waals surface area contributed by atoms with Crippen molar-refractivity contribution in [2.45, 2.75) is 45.4 Å². The van der Waals surface area contributed by atoms with Gasteiger partial charge in [0, 0.05) is 36.8 Å². The van der Waals surface area contributed by atoms with Gasteiger partial charge in [0.25, 0.3) is 5.91 Å². The van der Waals surface area contributed by atoms with Gasteiger partial charge in [0.1, 0.15) is 5.82 Å². The van der Waals surface area contributed by atoms with Crippen molar-refractivity contribution in [2.75, 3.05) is 5.32 Å². The molecule has 7 nitrogen and oxygen atoms in total. The Bertz CT molecular complexity index is 1380. The van der Waals surface area contributed by atoms with Crippen LogP contribution in [-0.2, 0) is 0 Å². The van der Waals surface area contributed by atoms with E-state index in [1.165, 1.54) is 43.4 Å². The van der Waals surface area contributed by atoms with Gasteiger partial charge < -0.3 is 9.73 Å². The summed E-state index contributed by atoms with van der Waals surface area (Å²) in [5.74, 6) is 2.35. The van der Waals surface area contributed by atoms with E-state index in [4.69, 9.17) is 4.42 Å². The fourth-order valence-corrected chi connectivity index (χ4v) is 5.58. The molecule has 3 heterocycles. The van der Waals surface area contributed by atoms with Gasteiger partial charge in [0.2, 0.25) is 11.5 Å². The fraction of sp³-hybridized carbons (Fsp3) is 0.360. The van der Waals surface area contributed by atoms with E-state index in [1.54, 1.807) is 26.1 Å². The molecule has 2 saturated carbocycles. The molecule has 2 fully saturated rings. The number of aromatic nitrogens is 4. The van der Waals surface area contributed by atoms with Crippen molar-refractivity contribution in [3.05, 3.63) is 65.5 Å². The summed E-state index contributed by atoms with van der Waals surface area (Å²) < 4.78 is 22.0. The highest BCUT2D eigenvalue weighted by Crippen LogP contribution is 2.55. The van der Waals surface area contributed by atoms with Crippen LogP contribution in [0.15, 0.2) is 41.2 Å². The van der Waals surface area contributed by atoms with Crippen molar-refractivity contribution >= 4 is 17.4 Å². The molecular formula is C25H24FN5O2. The number of hydrogen-bond acceptors (Lipinski definition) is 5. The number of aryl methyl sites for hydroxylation is 2. The third-order valence-corrected chi connectivity index (χ3v) is 7.10. The summed E-state index contributed by atoms with van der Waals surface area (Å²) in [7, 11) is 0. The first-order valence-electron chi connectivity index (χ1n) is 11.4. The average Bonchev–Trinajstić information content (AvgIpc) is 3.37. The van der Waals surface area contributed by atoms with E-state index < -0.39 is 11.7 Å². The number of halogens is 1. The first kappa shape index (κ1) is 20.1. The summed E-state index contributed by atoms with van der Waals surface area (Å²) >= 11 is 0. The van der Waals surface area contributed by atoms with Crippen LogP contribution >= 0.6 is 0 Å². The molecule has 8 heteroatoms. The van der Waals surface area contributed by atoms with Crippen molar-refractivity contribution in [1.82, 2.24) is 19.4 Å². The number of carbonyl (C=O) groups is 1. The van der Waals surface area contributed by atoms with Crippen LogP contribution in [0.2, 0.25) is 0 Å². The van der Waals surface area contributed by atoms with Crippen LogP contribution in [0.4, 0.5) is 10.1 Å². The molecule has 2 aliphatic rings. The predicted molar refractivity (Wildman–Crippen MR) is 121 cm³/mol. The molecule has 2 aliphatic carbocycles. The van der Waals surface area contributed by atoms with Crippen molar-refractivity contribution in [2.24, 2.45) is 11.8 Å². The highest BCUT2D eigenvalue weighted by atomic mass is 19.1. The first-order valence-corrected chi connectivity index (χ1v) is 11.4. The standard InChI is InChI=1S/C25H24FN5O2/c1-13-23(33-14(2)28-13)24(32)29-18-6-7-20(26)19(9-18)21-12-31-11-17(10-27-25(31)30-21)22-15-4-3-5-16(22)8-15/h6-7,9-12,15-16,22H,3-5,8H2,1-2H3,(H,29,32). The van der Waals surface area contributed by atoms with Gasteiger partial charge >= 0.3 is 0 Å². The zero-order valence-corrected chi connectivity index (χ0v) is 18.5. The summed E-state index contributed by atoms with van der Waals surface area (Å²) in [6.45, 7) is 3.39. The van der Waals surface area contributed by atoms with Crippen LogP contribution in [0, 0.1) is 31.5 Å². The van der Waals surface area contributed by atoms with Crippen LogP contribution in [0.3, 0.4) is 0 Å². The van der Waals surface area contributed by atoms with Crippen molar-refractivity contribution in [3.63, 3.8) is 0 Å². The van der Waals surface area contributed by atoms with Gasteiger partial charge in [-0.3, -0.25) is 9.20 Å². The number of imidazole rings is 1. The van der Waals surface area contributed by atoms with Crippen LogP contribution in [0.25, 0.3) is 17.0 Å². The number of nitrogens with zero attached hydrogens (tertiary/aromatic N) is 4. The van der Waals surface area contributed by atoms with Gasteiger partial charge in [0.05, 0.1) is 11.4 Å². The van der Waals surface area contributed by atoms with E-state index in [1.807, 2.05) is 10.6 Å². The number of fused-ring (bicyclic) bond motifs is 3. The topological polar surface area (TPSA) is 85.3 Å². The molecule has 168 valence electrons. The van der Waals surface area contributed by atoms with E-state index in [9.17, 15) is 9.18 Å². The second-order valence-corrected chi connectivity index (χ2v) is 9.23. The molecule has 1 amide bonds. The number of rotatable bonds is 4. The predicted octanol–water partition coefficient (Wildman–Crippen LogP) is 5.30. The molecule has 4 aromatic rings. The minimum atomic E-state index is -0.432. The summed E-state index contributed by atoms with van der Waals surface area (Å²) in [6.07, 6.45) is 11.1. The van der Waals surface area contributed by atoms with Gasteiger partial charge in [-0.2, -0.15) is 0 Å². The van der Waals surface area contributed by atoms with Crippen LogP contribution in [-0.4, -0.2) is 25.3 Å². The minimum absolute atomic E-state index is 0.142. The lowest BCUT2D eigenvalue weighted by Crippen LogP contribution is -2.38. The second kappa shape index (κ2) is 7.50. The van der Waals surface area contributed by atoms with E-state index >= 15 is 0 Å². The normalized spacial score (nSPS) is 21.7. The highest BCUT2D eigenvalue weighted by molar-refractivity contribution is 6.03. The molecule has 2 bridgehead atoms. The molecular weight excluding hydrogens is 421 g/mol. The van der Waals surface area contributed by atoms with Crippen LogP contribution in [0.1, 0.15) is 59.3 Å². The number of hydrogen-bond donors (Lipinski definition) is 1. The van der Waals surface area contributed by atoms with E-state index in [0.29, 0.717) is 40.2 Å². The Labute approximate surface area is 190 Å². The Morgan fingerprint density at radius 3 is 2.73 bits per heavy atom. The Morgan fingerprint density at radius 1 is 1.18 bits per heavy atom. The van der Waals surface area contributed by atoms with Crippen molar-refractivity contribution in [1.29, 1.82) is 0 Å². The molecule has 1 aromatic carbocycles. The summed E-state index contributed by atoms with van der Waals surface area (Å²) in [4.78, 5) is 25.8. The molecule has 33 heavy (non-hydrogen) atoms. The maximum absolute atomic E-state index is 14.7. The first-order chi connectivity index (χ1) is 16.0. The Hall–Kier alpha value is -3.55. The zero-order valence-electron chi connectivity index (χ0n) is 18.5. The molecule has 0 saturated heterocycles. The lowest BCUT2D eigenvalue weighted by molar-refractivity contribution is 0.0719. The van der Waals surface area contributed by atoms with E-state index in [2.05, 4.69) is 26.5 Å². The number of anilines is 1. The van der Waals surface area contributed by atoms with Gasteiger partial charge in [-0.1, -0.05) is 6.42 Å². The minimum Gasteiger partial charge on any atom is -0.436 e. The highest BCUT2D eigenvalue weighted by Gasteiger charge is 2.44. The molecule has 2 atom stereocenters. The third kappa shape index (κ3) is 3.41. The molecule has 0 radical (unpaired) electrons. The summed E-state index contributed by atoms with van der Waals surface area (Å²) in [5.41, 5.74) is 2.95. The Kier molecular flexibility index (Phi) is 4.57. The third-order valence-electron chi connectivity index (χ3n) is 7.10. The largest absolute Gasteiger partial charge is 0.436 e. The van der Waals surface area contributed by atoms with Crippen LogP contribution in [0.5, 0.6) is 0 Å². The molecule has 2 unspecified atom stereocenters. The van der Waals surface area contributed by atoms with Gasteiger partial charge in [0.15, 0.2) is 5.89 Å². The lowest BCUT2D eigenvalue weighted by atomic mass is 9.55. The monoisotopic (exact) mass is 445 g/mol. The van der Waals surface area contributed by atoms with Gasteiger partial charge in [-0.05, 0) is 67.7 Å². The molecule has 3 aromatic heterocycles. The smallest absolute Gasteiger partial charge is 0.293 e. The maximum Gasteiger partial charge on any atom is 0.293 e. The van der Waals surface area contributed by atoms with Crippen molar-refractivity contribution < 1.29 is 13.6 Å². The van der Waals surface area contributed by atoms with Crippen LogP contribution < -0.4 is 5.32 Å². The Balaban J connectivity index is 1.29. The number of carbonyl (C=O) groups excluding carboxylic acids is 1. The molecule has 0 spiro atoms. The molecule has 0 aliphatic heterocycles. The lowest BCUT2D eigenvalue weighted by Gasteiger charge is -2.49.